The van der Waals surface area contributed by atoms with Crippen LogP contribution in [0.4, 0.5) is 0 Å². The molecular formula is C12H23N3O2. The van der Waals surface area contributed by atoms with Crippen molar-refractivity contribution >= 4 is 11.8 Å². The van der Waals surface area contributed by atoms with Crippen molar-refractivity contribution in [3.8, 4) is 0 Å². The van der Waals surface area contributed by atoms with Gasteiger partial charge in [0.05, 0.1) is 6.54 Å². The molecule has 1 rings (SSSR count). The number of amides is 2. The molecule has 0 atom stereocenters. The van der Waals surface area contributed by atoms with Crippen molar-refractivity contribution in [1.82, 2.24) is 15.5 Å². The molecule has 1 aliphatic carbocycles. The van der Waals surface area contributed by atoms with Gasteiger partial charge in [0.25, 0.3) is 0 Å². The molecule has 98 valence electrons. The predicted molar refractivity (Wildman–Crippen MR) is 66.6 cm³/mol. The molecule has 0 radical (unpaired) electrons. The van der Waals surface area contributed by atoms with Gasteiger partial charge in [-0.25, -0.2) is 0 Å². The highest BCUT2D eigenvalue weighted by atomic mass is 16.2. The van der Waals surface area contributed by atoms with Gasteiger partial charge in [0.1, 0.15) is 0 Å². The first-order valence-electron chi connectivity index (χ1n) is 6.37. The first-order chi connectivity index (χ1) is 8.13. The number of nitrogens with one attached hydrogen (secondary N) is 2. The average Bonchev–Trinajstić information content (AvgIpc) is 3.11. The second-order valence-corrected chi connectivity index (χ2v) is 4.53. The number of hydrogen-bond acceptors (Lipinski definition) is 3. The summed E-state index contributed by atoms with van der Waals surface area (Å²) in [5.74, 6) is 0.223. The van der Waals surface area contributed by atoms with Gasteiger partial charge in [0.2, 0.25) is 11.8 Å². The van der Waals surface area contributed by atoms with E-state index in [1.165, 1.54) is 0 Å². The van der Waals surface area contributed by atoms with Crippen LogP contribution in [0.2, 0.25) is 0 Å². The van der Waals surface area contributed by atoms with Crippen LogP contribution in [0.15, 0.2) is 0 Å². The zero-order valence-electron chi connectivity index (χ0n) is 10.8. The minimum atomic E-state index is 0.0925. The normalized spacial score (nSPS) is 14.5. The molecule has 0 aromatic carbocycles. The fourth-order valence-electron chi connectivity index (χ4n) is 1.41. The van der Waals surface area contributed by atoms with Crippen molar-refractivity contribution < 1.29 is 9.59 Å². The van der Waals surface area contributed by atoms with Gasteiger partial charge in [0, 0.05) is 26.1 Å². The second-order valence-electron chi connectivity index (χ2n) is 4.53. The Bertz CT molecular complexity index is 264. The Labute approximate surface area is 103 Å². The standard InChI is InChI=1S/C12H23N3O2/c1-3-15(2)12(17)9-13-8-4-5-11(16)14-10-6-7-10/h10,13H,3-9H2,1-2H3,(H,14,16). The Balaban J connectivity index is 1.92. The maximum atomic E-state index is 11.4. The molecular weight excluding hydrogens is 218 g/mol. The highest BCUT2D eigenvalue weighted by molar-refractivity contribution is 5.78. The van der Waals surface area contributed by atoms with Crippen LogP contribution < -0.4 is 10.6 Å². The van der Waals surface area contributed by atoms with Crippen molar-refractivity contribution in [3.63, 3.8) is 0 Å². The Morgan fingerprint density at radius 1 is 1.35 bits per heavy atom. The Hall–Kier alpha value is -1.10. The molecule has 0 heterocycles. The molecule has 1 saturated carbocycles. The average molecular weight is 241 g/mol. The Morgan fingerprint density at radius 3 is 2.65 bits per heavy atom. The van der Waals surface area contributed by atoms with Crippen LogP contribution in [-0.2, 0) is 9.59 Å². The van der Waals surface area contributed by atoms with E-state index >= 15 is 0 Å². The summed E-state index contributed by atoms with van der Waals surface area (Å²) < 4.78 is 0. The maximum Gasteiger partial charge on any atom is 0.236 e. The van der Waals surface area contributed by atoms with Crippen molar-refractivity contribution in [2.75, 3.05) is 26.7 Å². The van der Waals surface area contributed by atoms with Gasteiger partial charge in [-0.1, -0.05) is 0 Å². The monoisotopic (exact) mass is 241 g/mol. The van der Waals surface area contributed by atoms with Gasteiger partial charge < -0.3 is 15.5 Å². The fraction of sp³-hybridized carbons (Fsp3) is 0.833. The summed E-state index contributed by atoms with van der Waals surface area (Å²) >= 11 is 0. The molecule has 1 aliphatic rings. The number of hydrogen-bond donors (Lipinski definition) is 2. The largest absolute Gasteiger partial charge is 0.353 e. The quantitative estimate of drug-likeness (QED) is 0.593. The van der Waals surface area contributed by atoms with E-state index in [9.17, 15) is 9.59 Å². The lowest BCUT2D eigenvalue weighted by Gasteiger charge is -2.14. The van der Waals surface area contributed by atoms with Gasteiger partial charge in [-0.3, -0.25) is 9.59 Å². The van der Waals surface area contributed by atoms with Crippen molar-refractivity contribution in [1.29, 1.82) is 0 Å². The third-order valence-electron chi connectivity index (χ3n) is 2.88. The summed E-state index contributed by atoms with van der Waals surface area (Å²) in [6.07, 6.45) is 3.58. The number of nitrogens with zero attached hydrogens (tertiary/aromatic N) is 1. The molecule has 0 unspecified atom stereocenters. The number of carbonyl (C=O) groups excluding carboxylic acids is 2. The maximum absolute atomic E-state index is 11.4. The number of likely N-dealkylation sites (N-methyl/N-ethyl adjacent to an activating group) is 1. The fourth-order valence-corrected chi connectivity index (χ4v) is 1.41. The second kappa shape index (κ2) is 7.27. The third kappa shape index (κ3) is 6.26. The van der Waals surface area contributed by atoms with Crippen molar-refractivity contribution in [3.05, 3.63) is 0 Å². The van der Waals surface area contributed by atoms with Crippen LogP contribution in [0.3, 0.4) is 0 Å². The summed E-state index contributed by atoms with van der Waals surface area (Å²) in [4.78, 5) is 24.4. The predicted octanol–water partition coefficient (Wildman–Crippen LogP) is 0.113. The molecule has 0 saturated heterocycles. The number of rotatable bonds is 8. The lowest BCUT2D eigenvalue weighted by molar-refractivity contribution is -0.128. The van der Waals surface area contributed by atoms with Gasteiger partial charge in [0.15, 0.2) is 0 Å². The van der Waals surface area contributed by atoms with Crippen LogP contribution in [0.1, 0.15) is 32.6 Å². The molecule has 0 spiro atoms. The summed E-state index contributed by atoms with van der Waals surface area (Å²) in [5, 5.41) is 5.99. The summed E-state index contributed by atoms with van der Waals surface area (Å²) in [5.41, 5.74) is 0. The van der Waals surface area contributed by atoms with Gasteiger partial charge >= 0.3 is 0 Å². The van der Waals surface area contributed by atoms with E-state index in [2.05, 4.69) is 10.6 Å². The molecule has 5 heteroatoms. The molecule has 0 aliphatic heterocycles. The zero-order valence-corrected chi connectivity index (χ0v) is 10.8. The lowest BCUT2D eigenvalue weighted by atomic mass is 10.3. The van der Waals surface area contributed by atoms with Crippen LogP contribution in [0.5, 0.6) is 0 Å². The lowest BCUT2D eigenvalue weighted by Crippen LogP contribution is -2.36. The minimum Gasteiger partial charge on any atom is -0.353 e. The van der Waals surface area contributed by atoms with Gasteiger partial charge in [-0.2, -0.15) is 0 Å². The van der Waals surface area contributed by atoms with E-state index in [0.717, 1.165) is 25.8 Å². The smallest absolute Gasteiger partial charge is 0.236 e. The van der Waals surface area contributed by atoms with E-state index in [1.54, 1.807) is 11.9 Å². The van der Waals surface area contributed by atoms with E-state index in [1.807, 2.05) is 6.92 Å². The molecule has 1 fully saturated rings. The van der Waals surface area contributed by atoms with Gasteiger partial charge in [-0.15, -0.1) is 0 Å². The third-order valence-corrected chi connectivity index (χ3v) is 2.88. The van der Waals surface area contributed by atoms with E-state index in [4.69, 9.17) is 0 Å². The molecule has 0 bridgehead atoms. The van der Waals surface area contributed by atoms with Crippen LogP contribution in [-0.4, -0.2) is 49.4 Å². The summed E-state index contributed by atoms with van der Waals surface area (Å²) in [6.45, 7) is 3.74. The Kier molecular flexibility index (Phi) is 5.97. The Morgan fingerprint density at radius 2 is 2.06 bits per heavy atom. The van der Waals surface area contributed by atoms with Crippen LogP contribution in [0, 0.1) is 0 Å². The SMILES string of the molecule is CCN(C)C(=O)CNCCCC(=O)NC1CC1. The molecule has 2 amide bonds. The first-order valence-corrected chi connectivity index (χ1v) is 6.37. The first kappa shape index (κ1) is 14.0. The molecule has 0 aromatic heterocycles. The number of carbonyl (C=O) groups is 2. The van der Waals surface area contributed by atoms with Gasteiger partial charge in [-0.05, 0) is 32.7 Å². The van der Waals surface area contributed by atoms with E-state index < -0.39 is 0 Å². The highest BCUT2D eigenvalue weighted by Crippen LogP contribution is 2.18. The molecule has 17 heavy (non-hydrogen) atoms. The van der Waals surface area contributed by atoms with Crippen LogP contribution in [0.25, 0.3) is 0 Å². The van der Waals surface area contributed by atoms with E-state index in [-0.39, 0.29) is 11.8 Å². The topological polar surface area (TPSA) is 61.4 Å². The van der Waals surface area contributed by atoms with E-state index in [0.29, 0.717) is 25.6 Å². The van der Waals surface area contributed by atoms with Crippen LogP contribution >= 0.6 is 0 Å². The molecule has 5 nitrogen and oxygen atoms in total. The highest BCUT2D eigenvalue weighted by Gasteiger charge is 2.22. The molecule has 2 N–H and O–H groups in total. The summed E-state index contributed by atoms with van der Waals surface area (Å²) in [6, 6.07) is 0.440. The summed E-state index contributed by atoms with van der Waals surface area (Å²) in [7, 11) is 1.78. The van der Waals surface area contributed by atoms with Crippen molar-refractivity contribution in [2.24, 2.45) is 0 Å². The zero-order chi connectivity index (χ0) is 12.7. The van der Waals surface area contributed by atoms with Crippen molar-refractivity contribution in [2.45, 2.75) is 38.6 Å². The molecule has 0 aromatic rings. The minimum absolute atomic E-state index is 0.0925.